The monoisotopic (exact) mass is 271 g/mol. The molecule has 0 atom stereocenters. The fourth-order valence-corrected chi connectivity index (χ4v) is 2.00. The van der Waals surface area contributed by atoms with Gasteiger partial charge in [0, 0.05) is 11.8 Å². The van der Waals surface area contributed by atoms with Gasteiger partial charge in [0.25, 0.3) is 0 Å². The van der Waals surface area contributed by atoms with Crippen LogP contribution in [0.15, 0.2) is 41.6 Å². The molecule has 0 spiro atoms. The largest absolute Gasteiger partial charge is 0.488 e. The molecule has 0 aliphatic carbocycles. The molecule has 0 aliphatic rings. The third kappa shape index (κ3) is 3.06. The number of amidine groups is 1. The topological polar surface area (TPSA) is 80.7 Å². The number of ether oxygens (including phenoxy) is 1. The van der Waals surface area contributed by atoms with Crippen LogP contribution in [0.1, 0.15) is 22.5 Å². The van der Waals surface area contributed by atoms with Gasteiger partial charge in [0.1, 0.15) is 12.4 Å². The Hall–Kier alpha value is -2.56. The standard InChI is InChI=1S/C15H17N3O2/c1-10-8-13(14(11(2)17-10)15(16)18-19)20-9-12-6-4-3-5-7-12/h3-8,19H,9H2,1-2H3,(H2,16,18). The molecule has 0 saturated carbocycles. The highest BCUT2D eigenvalue weighted by molar-refractivity contribution is 6.00. The van der Waals surface area contributed by atoms with Crippen molar-refractivity contribution < 1.29 is 9.94 Å². The van der Waals surface area contributed by atoms with E-state index in [0.29, 0.717) is 23.6 Å². The zero-order valence-electron chi connectivity index (χ0n) is 11.5. The molecule has 0 fully saturated rings. The van der Waals surface area contributed by atoms with Gasteiger partial charge >= 0.3 is 0 Å². The lowest BCUT2D eigenvalue weighted by Crippen LogP contribution is -2.17. The number of pyridine rings is 1. The van der Waals surface area contributed by atoms with E-state index in [4.69, 9.17) is 15.7 Å². The van der Waals surface area contributed by atoms with E-state index in [2.05, 4.69) is 10.1 Å². The highest BCUT2D eigenvalue weighted by Crippen LogP contribution is 2.23. The summed E-state index contributed by atoms with van der Waals surface area (Å²) in [5.41, 5.74) is 8.75. The minimum Gasteiger partial charge on any atom is -0.488 e. The lowest BCUT2D eigenvalue weighted by molar-refractivity contribution is 0.302. The number of benzene rings is 1. The Kier molecular flexibility index (Phi) is 4.20. The average molecular weight is 271 g/mol. The summed E-state index contributed by atoms with van der Waals surface area (Å²) >= 11 is 0. The summed E-state index contributed by atoms with van der Waals surface area (Å²) in [6.45, 7) is 4.09. The predicted octanol–water partition coefficient (Wildman–Crippen LogP) is 2.37. The number of nitrogens with two attached hydrogens (primary N) is 1. The van der Waals surface area contributed by atoms with E-state index < -0.39 is 0 Å². The first-order chi connectivity index (χ1) is 9.61. The van der Waals surface area contributed by atoms with Gasteiger partial charge in [-0.25, -0.2) is 0 Å². The van der Waals surface area contributed by atoms with Crippen LogP contribution in [-0.4, -0.2) is 16.0 Å². The third-order valence-corrected chi connectivity index (χ3v) is 2.89. The Morgan fingerprint density at radius 3 is 2.65 bits per heavy atom. The number of rotatable bonds is 4. The van der Waals surface area contributed by atoms with Crippen LogP contribution in [0.5, 0.6) is 5.75 Å². The van der Waals surface area contributed by atoms with E-state index >= 15 is 0 Å². The van der Waals surface area contributed by atoms with Crippen LogP contribution in [0.2, 0.25) is 0 Å². The van der Waals surface area contributed by atoms with Crippen molar-refractivity contribution >= 4 is 5.84 Å². The van der Waals surface area contributed by atoms with Crippen molar-refractivity contribution in [3.63, 3.8) is 0 Å². The van der Waals surface area contributed by atoms with Crippen LogP contribution in [0.3, 0.4) is 0 Å². The smallest absolute Gasteiger partial charge is 0.175 e. The molecule has 20 heavy (non-hydrogen) atoms. The first kappa shape index (κ1) is 13.9. The lowest BCUT2D eigenvalue weighted by Gasteiger charge is -2.13. The Morgan fingerprint density at radius 2 is 2.00 bits per heavy atom. The summed E-state index contributed by atoms with van der Waals surface area (Å²) in [4.78, 5) is 4.31. The molecule has 0 amide bonds. The Balaban J connectivity index is 2.31. The second kappa shape index (κ2) is 6.06. The maximum atomic E-state index is 8.87. The van der Waals surface area contributed by atoms with Gasteiger partial charge < -0.3 is 15.7 Å². The zero-order valence-corrected chi connectivity index (χ0v) is 11.5. The van der Waals surface area contributed by atoms with Crippen molar-refractivity contribution in [1.82, 2.24) is 4.98 Å². The van der Waals surface area contributed by atoms with E-state index in [1.807, 2.05) is 37.3 Å². The molecule has 1 aromatic carbocycles. The molecule has 0 saturated heterocycles. The number of nitrogens with zero attached hydrogens (tertiary/aromatic N) is 2. The summed E-state index contributed by atoms with van der Waals surface area (Å²) in [5, 5.41) is 11.9. The van der Waals surface area contributed by atoms with Crippen molar-refractivity contribution in [3.8, 4) is 5.75 Å². The molecule has 2 rings (SSSR count). The summed E-state index contributed by atoms with van der Waals surface area (Å²) in [7, 11) is 0. The molecule has 5 nitrogen and oxygen atoms in total. The minimum absolute atomic E-state index is 0.00179. The Bertz CT molecular complexity index is 625. The summed E-state index contributed by atoms with van der Waals surface area (Å²) < 4.78 is 5.80. The van der Waals surface area contributed by atoms with E-state index in [1.54, 1.807) is 13.0 Å². The number of aryl methyl sites for hydroxylation is 2. The second-order valence-electron chi connectivity index (χ2n) is 4.48. The first-order valence-corrected chi connectivity index (χ1v) is 6.24. The molecule has 0 aliphatic heterocycles. The fourth-order valence-electron chi connectivity index (χ4n) is 2.00. The predicted molar refractivity (Wildman–Crippen MR) is 77.0 cm³/mol. The Morgan fingerprint density at radius 1 is 1.30 bits per heavy atom. The van der Waals surface area contributed by atoms with E-state index in [9.17, 15) is 0 Å². The summed E-state index contributed by atoms with van der Waals surface area (Å²) in [6.07, 6.45) is 0. The molecular formula is C15H17N3O2. The first-order valence-electron chi connectivity index (χ1n) is 6.24. The molecule has 0 unspecified atom stereocenters. The van der Waals surface area contributed by atoms with Gasteiger partial charge in [-0.1, -0.05) is 35.5 Å². The highest BCUT2D eigenvalue weighted by atomic mass is 16.5. The van der Waals surface area contributed by atoms with E-state index in [-0.39, 0.29) is 5.84 Å². The number of hydrogen-bond donors (Lipinski definition) is 2. The number of aromatic nitrogens is 1. The highest BCUT2D eigenvalue weighted by Gasteiger charge is 2.14. The maximum absolute atomic E-state index is 8.87. The van der Waals surface area contributed by atoms with Crippen LogP contribution in [0, 0.1) is 13.8 Å². The van der Waals surface area contributed by atoms with Gasteiger partial charge in [-0.3, -0.25) is 4.98 Å². The lowest BCUT2D eigenvalue weighted by atomic mass is 10.1. The molecule has 3 N–H and O–H groups in total. The maximum Gasteiger partial charge on any atom is 0.175 e. The summed E-state index contributed by atoms with van der Waals surface area (Å²) in [5.74, 6) is 0.562. The molecule has 0 radical (unpaired) electrons. The van der Waals surface area contributed by atoms with E-state index in [0.717, 1.165) is 11.3 Å². The quantitative estimate of drug-likeness (QED) is 0.387. The van der Waals surface area contributed by atoms with Crippen molar-refractivity contribution in [3.05, 3.63) is 58.9 Å². The van der Waals surface area contributed by atoms with Crippen LogP contribution in [-0.2, 0) is 6.61 Å². The average Bonchev–Trinajstić information content (AvgIpc) is 2.45. The third-order valence-electron chi connectivity index (χ3n) is 2.89. The van der Waals surface area contributed by atoms with Gasteiger partial charge in [0.15, 0.2) is 5.84 Å². The Labute approximate surface area is 117 Å². The van der Waals surface area contributed by atoms with Gasteiger partial charge in [-0.15, -0.1) is 0 Å². The SMILES string of the molecule is Cc1cc(OCc2ccccc2)c(/C(N)=N/O)c(C)n1. The van der Waals surface area contributed by atoms with Crippen LogP contribution >= 0.6 is 0 Å². The molecule has 5 heteroatoms. The number of oxime groups is 1. The van der Waals surface area contributed by atoms with Crippen LogP contribution < -0.4 is 10.5 Å². The van der Waals surface area contributed by atoms with Gasteiger partial charge in [-0.05, 0) is 19.4 Å². The second-order valence-corrected chi connectivity index (χ2v) is 4.48. The van der Waals surface area contributed by atoms with Crippen molar-refractivity contribution in [2.24, 2.45) is 10.9 Å². The number of hydrogen-bond acceptors (Lipinski definition) is 4. The molecule has 2 aromatic rings. The zero-order chi connectivity index (χ0) is 14.5. The fraction of sp³-hybridized carbons (Fsp3) is 0.200. The normalized spacial score (nSPS) is 11.4. The molecule has 1 aromatic heterocycles. The molecule has 0 bridgehead atoms. The summed E-state index contributed by atoms with van der Waals surface area (Å²) in [6, 6.07) is 11.6. The van der Waals surface area contributed by atoms with Crippen LogP contribution in [0.4, 0.5) is 0 Å². The van der Waals surface area contributed by atoms with E-state index in [1.165, 1.54) is 0 Å². The van der Waals surface area contributed by atoms with Crippen LogP contribution in [0.25, 0.3) is 0 Å². The van der Waals surface area contributed by atoms with Gasteiger partial charge in [0.05, 0.1) is 11.3 Å². The molecule has 104 valence electrons. The van der Waals surface area contributed by atoms with Crippen molar-refractivity contribution in [1.29, 1.82) is 0 Å². The minimum atomic E-state index is -0.00179. The molecular weight excluding hydrogens is 254 g/mol. The van der Waals surface area contributed by atoms with Crippen molar-refractivity contribution in [2.75, 3.05) is 0 Å². The molecule has 1 heterocycles. The van der Waals surface area contributed by atoms with Gasteiger partial charge in [-0.2, -0.15) is 0 Å². The van der Waals surface area contributed by atoms with Gasteiger partial charge in [0.2, 0.25) is 0 Å². The van der Waals surface area contributed by atoms with Crippen molar-refractivity contribution in [2.45, 2.75) is 20.5 Å².